The molecule has 3 fully saturated rings. The quantitative estimate of drug-likeness (QED) is 0.774. The van der Waals surface area contributed by atoms with Gasteiger partial charge in [0.1, 0.15) is 0 Å². The van der Waals surface area contributed by atoms with Gasteiger partial charge in [-0.15, -0.1) is 11.3 Å². The first-order chi connectivity index (χ1) is 13.0. The molecule has 1 amide bonds. The fourth-order valence-electron chi connectivity index (χ4n) is 4.02. The molecule has 1 aromatic carbocycles. The molecule has 1 N–H and O–H groups in total. The first-order valence-corrected chi connectivity index (χ1v) is 10.9. The average Bonchev–Trinajstić information content (AvgIpc) is 3.14. The zero-order chi connectivity index (χ0) is 19.0. The van der Waals surface area contributed by atoms with Gasteiger partial charge in [0.2, 0.25) is 0 Å². The Bertz CT molecular complexity index is 839. The van der Waals surface area contributed by atoms with E-state index in [1.54, 1.807) is 13.1 Å². The first kappa shape index (κ1) is 18.7. The Balaban J connectivity index is 1.39. The molecule has 5 rings (SSSR count). The van der Waals surface area contributed by atoms with Crippen LogP contribution in [0.25, 0.3) is 0 Å². The van der Waals surface area contributed by atoms with E-state index in [2.05, 4.69) is 22.1 Å². The standard InChI is InChI=1S/C20H23N3O2S2/c1-12-18(14-7-9-23(12)10-8-14)22-19(25)15-3-5-16(6-4-15)26-20-21-11-17(27-20)13(2)24/h3-6,11-12,14,18H,7-10H2,1-2H3,(H,22,25)/t12-,18-/m0/s1. The van der Waals surface area contributed by atoms with Crippen molar-refractivity contribution in [3.05, 3.63) is 40.9 Å². The molecule has 3 aliphatic rings. The second kappa shape index (κ2) is 7.73. The maximum Gasteiger partial charge on any atom is 0.251 e. The lowest BCUT2D eigenvalue weighted by molar-refractivity contribution is 0.0217. The summed E-state index contributed by atoms with van der Waals surface area (Å²) in [5.41, 5.74) is 0.687. The van der Waals surface area contributed by atoms with Gasteiger partial charge in [0, 0.05) is 29.5 Å². The summed E-state index contributed by atoms with van der Waals surface area (Å²) in [6.45, 7) is 6.09. The van der Waals surface area contributed by atoms with Gasteiger partial charge in [-0.3, -0.25) is 14.5 Å². The Labute approximate surface area is 167 Å². The summed E-state index contributed by atoms with van der Waals surface area (Å²) in [6, 6.07) is 8.26. The summed E-state index contributed by atoms with van der Waals surface area (Å²) >= 11 is 2.90. The van der Waals surface area contributed by atoms with Gasteiger partial charge in [-0.05, 0) is 63.0 Å². The molecule has 27 heavy (non-hydrogen) atoms. The van der Waals surface area contributed by atoms with E-state index in [1.165, 1.54) is 35.9 Å². The van der Waals surface area contributed by atoms with Crippen molar-refractivity contribution in [1.29, 1.82) is 0 Å². The Morgan fingerprint density at radius 2 is 1.93 bits per heavy atom. The number of hydrogen-bond donors (Lipinski definition) is 1. The first-order valence-electron chi connectivity index (χ1n) is 9.31. The average molecular weight is 402 g/mol. The van der Waals surface area contributed by atoms with Crippen molar-refractivity contribution >= 4 is 34.8 Å². The Morgan fingerprint density at radius 1 is 1.22 bits per heavy atom. The minimum absolute atomic E-state index is 0.00487. The summed E-state index contributed by atoms with van der Waals surface area (Å²) < 4.78 is 0.832. The highest BCUT2D eigenvalue weighted by atomic mass is 32.2. The molecule has 0 aliphatic carbocycles. The van der Waals surface area contributed by atoms with Crippen molar-refractivity contribution in [1.82, 2.24) is 15.2 Å². The van der Waals surface area contributed by atoms with Crippen molar-refractivity contribution in [3.8, 4) is 0 Å². The van der Waals surface area contributed by atoms with Crippen molar-refractivity contribution in [2.24, 2.45) is 5.92 Å². The molecule has 5 nitrogen and oxygen atoms in total. The molecular weight excluding hydrogens is 378 g/mol. The number of aromatic nitrogens is 1. The molecule has 0 spiro atoms. The lowest BCUT2D eigenvalue weighted by atomic mass is 9.79. The van der Waals surface area contributed by atoms with E-state index in [9.17, 15) is 9.59 Å². The van der Waals surface area contributed by atoms with Crippen molar-refractivity contribution in [2.75, 3.05) is 13.1 Å². The van der Waals surface area contributed by atoms with Gasteiger partial charge >= 0.3 is 0 Å². The van der Waals surface area contributed by atoms with Crippen LogP contribution in [0.2, 0.25) is 0 Å². The zero-order valence-electron chi connectivity index (χ0n) is 15.5. The molecule has 2 aromatic rings. The second-order valence-electron chi connectivity index (χ2n) is 7.29. The van der Waals surface area contributed by atoms with Crippen LogP contribution in [0.3, 0.4) is 0 Å². The fraction of sp³-hybridized carbons (Fsp3) is 0.450. The third-order valence-corrected chi connectivity index (χ3v) is 7.81. The summed E-state index contributed by atoms with van der Waals surface area (Å²) in [5, 5.41) is 3.27. The molecule has 3 aliphatic heterocycles. The SMILES string of the molecule is CC(=O)c1cnc(Sc2ccc(C(=O)N[C@@H]3C4CCN(CC4)[C@H]3C)cc2)s1. The zero-order valence-corrected chi connectivity index (χ0v) is 17.1. The summed E-state index contributed by atoms with van der Waals surface area (Å²) in [4.78, 5) is 32.5. The van der Waals surface area contributed by atoms with E-state index in [0.29, 0.717) is 22.4 Å². The van der Waals surface area contributed by atoms with Gasteiger partial charge in [0.25, 0.3) is 5.91 Å². The smallest absolute Gasteiger partial charge is 0.251 e. The third kappa shape index (κ3) is 3.95. The van der Waals surface area contributed by atoms with E-state index in [0.717, 1.165) is 22.3 Å². The van der Waals surface area contributed by atoms with Crippen LogP contribution in [0.15, 0.2) is 39.7 Å². The van der Waals surface area contributed by atoms with Crippen LogP contribution < -0.4 is 5.32 Å². The number of fused-ring (bicyclic) bond motifs is 3. The molecule has 2 atom stereocenters. The number of thiazole rings is 1. The van der Waals surface area contributed by atoms with Crippen LogP contribution in [-0.4, -0.2) is 46.7 Å². The molecule has 4 heterocycles. The molecule has 0 saturated carbocycles. The number of piperidine rings is 3. The lowest BCUT2D eigenvalue weighted by Crippen LogP contribution is -2.62. The molecular formula is C20H23N3O2S2. The largest absolute Gasteiger partial charge is 0.347 e. The summed E-state index contributed by atoms with van der Waals surface area (Å²) in [5.74, 6) is 0.641. The molecule has 0 unspecified atom stereocenters. The van der Waals surface area contributed by atoms with E-state index in [4.69, 9.17) is 0 Å². The second-order valence-corrected chi connectivity index (χ2v) is 9.64. The number of nitrogens with one attached hydrogen (secondary N) is 1. The van der Waals surface area contributed by atoms with Gasteiger partial charge < -0.3 is 5.32 Å². The number of carbonyl (C=O) groups excluding carboxylic acids is 2. The fourth-order valence-corrected chi connectivity index (χ4v) is 5.87. The van der Waals surface area contributed by atoms with E-state index in [-0.39, 0.29) is 17.7 Å². The Morgan fingerprint density at radius 3 is 2.52 bits per heavy atom. The number of amides is 1. The van der Waals surface area contributed by atoms with Gasteiger partial charge in [-0.1, -0.05) is 11.8 Å². The molecule has 142 valence electrons. The number of hydrogen-bond acceptors (Lipinski definition) is 6. The number of ketones is 1. The minimum Gasteiger partial charge on any atom is -0.347 e. The van der Waals surface area contributed by atoms with Crippen LogP contribution >= 0.6 is 23.1 Å². The maximum atomic E-state index is 12.7. The lowest BCUT2D eigenvalue weighted by Gasteiger charge is -2.49. The van der Waals surface area contributed by atoms with E-state index in [1.807, 2.05) is 24.3 Å². The van der Waals surface area contributed by atoms with Gasteiger partial charge in [0.05, 0.1) is 11.1 Å². The van der Waals surface area contributed by atoms with Crippen LogP contribution in [0.1, 0.15) is 46.7 Å². The van der Waals surface area contributed by atoms with E-state index >= 15 is 0 Å². The maximum absolute atomic E-state index is 12.7. The number of Topliss-reactive ketones (excluding diaryl/α,β-unsaturated/α-hetero) is 1. The molecule has 2 bridgehead atoms. The highest BCUT2D eigenvalue weighted by Gasteiger charge is 2.40. The van der Waals surface area contributed by atoms with Crippen LogP contribution in [0, 0.1) is 5.92 Å². The van der Waals surface area contributed by atoms with E-state index < -0.39 is 0 Å². The number of benzene rings is 1. The number of carbonyl (C=O) groups is 2. The molecule has 0 radical (unpaired) electrons. The van der Waals surface area contributed by atoms with Crippen LogP contribution in [0.5, 0.6) is 0 Å². The predicted molar refractivity (Wildman–Crippen MR) is 108 cm³/mol. The summed E-state index contributed by atoms with van der Waals surface area (Å²) in [6.07, 6.45) is 3.98. The highest BCUT2D eigenvalue weighted by Crippen LogP contribution is 2.33. The molecule has 3 saturated heterocycles. The predicted octanol–water partition coefficient (Wildman–Crippen LogP) is 3.71. The normalized spacial score (nSPS) is 26.7. The minimum atomic E-state index is 0.00487. The topological polar surface area (TPSA) is 62.3 Å². The van der Waals surface area contributed by atoms with Crippen LogP contribution in [-0.2, 0) is 0 Å². The van der Waals surface area contributed by atoms with Crippen molar-refractivity contribution < 1.29 is 9.59 Å². The Hall–Kier alpha value is -1.70. The summed E-state index contributed by atoms with van der Waals surface area (Å²) in [7, 11) is 0. The van der Waals surface area contributed by atoms with Gasteiger partial charge in [0.15, 0.2) is 10.1 Å². The van der Waals surface area contributed by atoms with Crippen molar-refractivity contribution in [2.45, 2.75) is 48.0 Å². The third-order valence-electron chi connectivity index (χ3n) is 5.63. The molecule has 1 aromatic heterocycles. The molecule has 7 heteroatoms. The highest BCUT2D eigenvalue weighted by molar-refractivity contribution is 8.01. The van der Waals surface area contributed by atoms with Crippen LogP contribution in [0.4, 0.5) is 0 Å². The number of nitrogens with zero attached hydrogens (tertiary/aromatic N) is 2. The monoisotopic (exact) mass is 401 g/mol. The number of rotatable bonds is 5. The van der Waals surface area contributed by atoms with Gasteiger partial charge in [-0.2, -0.15) is 0 Å². The van der Waals surface area contributed by atoms with Gasteiger partial charge in [-0.25, -0.2) is 4.98 Å². The Kier molecular flexibility index (Phi) is 5.34. The van der Waals surface area contributed by atoms with Crippen molar-refractivity contribution in [3.63, 3.8) is 0 Å².